The van der Waals surface area contributed by atoms with E-state index in [1.54, 1.807) is 30.3 Å². The summed E-state index contributed by atoms with van der Waals surface area (Å²) in [5.41, 5.74) is 11.9. The largest absolute Gasteiger partial charge is 0.466 e. The van der Waals surface area contributed by atoms with Gasteiger partial charge >= 0.3 is 11.9 Å². The number of esters is 2. The fourth-order valence-electron chi connectivity index (χ4n) is 3.60. The number of methoxy groups -OCH3 is 2. The van der Waals surface area contributed by atoms with Gasteiger partial charge in [0.25, 0.3) is 0 Å². The third kappa shape index (κ3) is 4.12. The molecule has 0 bridgehead atoms. The first-order chi connectivity index (χ1) is 15.8. The molecule has 2 aromatic rings. The van der Waals surface area contributed by atoms with Crippen molar-refractivity contribution in [3.63, 3.8) is 0 Å². The van der Waals surface area contributed by atoms with E-state index in [1.165, 1.54) is 18.2 Å². The van der Waals surface area contributed by atoms with Crippen LogP contribution < -0.4 is 16.4 Å². The van der Waals surface area contributed by atoms with Gasteiger partial charge in [-0.2, -0.15) is 5.26 Å². The summed E-state index contributed by atoms with van der Waals surface area (Å²) in [6.07, 6.45) is 0. The first-order valence-electron chi connectivity index (χ1n) is 9.51. The van der Waals surface area contributed by atoms with Crippen LogP contribution in [0, 0.1) is 11.3 Å². The van der Waals surface area contributed by atoms with Gasteiger partial charge in [0, 0.05) is 5.56 Å². The Labute approximate surface area is 194 Å². The predicted octanol–water partition coefficient (Wildman–Crippen LogP) is 2.34. The molecule has 1 heterocycles. The van der Waals surface area contributed by atoms with Crippen LogP contribution in [0.2, 0.25) is 5.02 Å². The minimum absolute atomic E-state index is 0.0326. The molecule has 1 aliphatic heterocycles. The van der Waals surface area contributed by atoms with Crippen molar-refractivity contribution >= 4 is 35.1 Å². The summed E-state index contributed by atoms with van der Waals surface area (Å²) >= 11 is 6.37. The van der Waals surface area contributed by atoms with Crippen LogP contribution in [0.3, 0.4) is 0 Å². The Morgan fingerprint density at radius 2 is 1.70 bits per heavy atom. The number of allylic oxidation sites excluding steroid dienone is 1. The van der Waals surface area contributed by atoms with E-state index < -0.39 is 23.8 Å². The Morgan fingerprint density at radius 3 is 2.24 bits per heavy atom. The van der Waals surface area contributed by atoms with Crippen LogP contribution in [0.1, 0.15) is 21.8 Å². The Bertz CT molecular complexity index is 1250. The summed E-state index contributed by atoms with van der Waals surface area (Å²) in [6, 6.07) is 14.7. The van der Waals surface area contributed by atoms with Gasteiger partial charge in [0.1, 0.15) is 11.5 Å². The minimum Gasteiger partial charge on any atom is -0.466 e. The Morgan fingerprint density at radius 1 is 1.06 bits per heavy atom. The molecule has 0 radical (unpaired) electrons. The summed E-state index contributed by atoms with van der Waals surface area (Å²) in [4.78, 5) is 38.9. The smallest absolute Gasteiger partial charge is 0.355 e. The molecule has 1 atom stereocenters. The van der Waals surface area contributed by atoms with Gasteiger partial charge in [-0.05, 0) is 23.8 Å². The van der Waals surface area contributed by atoms with Gasteiger partial charge in [0.2, 0.25) is 5.91 Å². The topological polar surface area (TPSA) is 149 Å². The van der Waals surface area contributed by atoms with Gasteiger partial charge in [0.05, 0.1) is 48.1 Å². The monoisotopic (exact) mass is 466 g/mol. The maximum atomic E-state index is 13.0. The summed E-state index contributed by atoms with van der Waals surface area (Å²) in [6.45, 7) is 0. The summed E-state index contributed by atoms with van der Waals surface area (Å²) in [5.74, 6) is -3.77. The lowest BCUT2D eigenvalue weighted by Gasteiger charge is -2.36. The molecule has 0 aromatic heterocycles. The number of nitrogens with zero attached hydrogens (tertiary/aromatic N) is 2. The molecule has 1 unspecified atom stereocenters. The number of hydrogen-bond donors (Lipinski definition) is 2. The maximum absolute atomic E-state index is 13.0. The lowest BCUT2D eigenvalue weighted by molar-refractivity contribution is -0.139. The molecule has 10 heteroatoms. The summed E-state index contributed by atoms with van der Waals surface area (Å²) in [7, 11) is 2.27. The van der Waals surface area contributed by atoms with Crippen LogP contribution >= 0.6 is 11.6 Å². The van der Waals surface area contributed by atoms with Gasteiger partial charge in [-0.25, -0.2) is 9.59 Å². The number of nitriles is 1. The predicted molar refractivity (Wildman–Crippen MR) is 120 cm³/mol. The lowest BCUT2D eigenvalue weighted by Crippen LogP contribution is -2.41. The molecule has 0 fully saturated rings. The maximum Gasteiger partial charge on any atom is 0.355 e. The van der Waals surface area contributed by atoms with Crippen LogP contribution in [0.25, 0.3) is 0 Å². The van der Waals surface area contributed by atoms with E-state index in [9.17, 15) is 19.6 Å². The molecule has 33 heavy (non-hydrogen) atoms. The average molecular weight is 467 g/mol. The van der Waals surface area contributed by atoms with Crippen molar-refractivity contribution in [2.24, 2.45) is 11.5 Å². The molecule has 4 N–H and O–H groups in total. The van der Waals surface area contributed by atoms with Crippen LogP contribution in [0.4, 0.5) is 5.69 Å². The van der Waals surface area contributed by atoms with E-state index in [4.69, 9.17) is 32.5 Å². The Hall–Kier alpha value is -4.29. The highest BCUT2D eigenvalue weighted by molar-refractivity contribution is 6.33. The normalized spacial score (nSPS) is 15.7. The molecule has 2 aromatic carbocycles. The zero-order chi connectivity index (χ0) is 24.3. The van der Waals surface area contributed by atoms with Gasteiger partial charge in [-0.15, -0.1) is 0 Å². The average Bonchev–Trinajstić information content (AvgIpc) is 2.83. The second-order valence-electron chi connectivity index (χ2n) is 6.87. The number of carbonyl (C=O) groups is 3. The number of nitrogens with two attached hydrogens (primary N) is 2. The number of ether oxygens (including phenoxy) is 2. The molecule has 168 valence electrons. The SMILES string of the molecule is COC(=O)C1=C(C(=O)OC)N(c2cc(C(N)=O)ccc2Cl)C(N)=C(C#N)C1c1ccccc1. The lowest BCUT2D eigenvalue weighted by atomic mass is 9.81. The molecule has 3 rings (SSSR count). The van der Waals surface area contributed by atoms with E-state index in [0.29, 0.717) is 5.56 Å². The number of hydrogen-bond acceptors (Lipinski definition) is 8. The molecule has 1 amide bonds. The second kappa shape index (κ2) is 9.46. The van der Waals surface area contributed by atoms with Crippen LogP contribution in [-0.4, -0.2) is 32.1 Å². The first-order valence-corrected chi connectivity index (χ1v) is 9.89. The molecular formula is C23H19ClN4O5. The number of halogens is 1. The van der Waals surface area contributed by atoms with Crippen molar-refractivity contribution in [3.8, 4) is 6.07 Å². The summed E-state index contributed by atoms with van der Waals surface area (Å²) in [5, 5.41) is 10.1. The van der Waals surface area contributed by atoms with E-state index >= 15 is 0 Å². The van der Waals surface area contributed by atoms with Crippen LogP contribution in [0.5, 0.6) is 0 Å². The third-order valence-electron chi connectivity index (χ3n) is 5.08. The number of rotatable bonds is 5. The summed E-state index contributed by atoms with van der Waals surface area (Å²) < 4.78 is 9.90. The van der Waals surface area contributed by atoms with Gasteiger partial charge in [-0.3, -0.25) is 9.69 Å². The highest BCUT2D eigenvalue weighted by Gasteiger charge is 2.43. The molecule has 0 spiro atoms. The third-order valence-corrected chi connectivity index (χ3v) is 5.40. The number of carbonyl (C=O) groups excluding carboxylic acids is 3. The molecule has 9 nitrogen and oxygen atoms in total. The molecule has 1 aliphatic rings. The number of amides is 1. The molecule has 0 saturated carbocycles. The van der Waals surface area contributed by atoms with E-state index in [0.717, 1.165) is 19.1 Å². The van der Waals surface area contributed by atoms with E-state index in [2.05, 4.69) is 0 Å². The van der Waals surface area contributed by atoms with E-state index in [1.807, 2.05) is 6.07 Å². The van der Waals surface area contributed by atoms with Crippen molar-refractivity contribution < 1.29 is 23.9 Å². The highest BCUT2D eigenvalue weighted by atomic mass is 35.5. The first kappa shape index (κ1) is 23.4. The standard InChI is InChI=1S/C23H19ClN4O5/c1-32-22(30)18-17(12-6-4-3-5-7-12)14(11-25)20(26)28(19(18)23(31)33-2)16-10-13(21(27)29)8-9-15(16)24/h3-10,17H,26H2,1-2H3,(H2,27,29). The van der Waals surface area contributed by atoms with E-state index in [-0.39, 0.29) is 38.9 Å². The fraction of sp³-hybridized carbons (Fsp3) is 0.130. The zero-order valence-corrected chi connectivity index (χ0v) is 18.4. The zero-order valence-electron chi connectivity index (χ0n) is 17.7. The molecular weight excluding hydrogens is 448 g/mol. The van der Waals surface area contributed by atoms with Gasteiger partial charge in [-0.1, -0.05) is 41.9 Å². The number of primary amides is 1. The van der Waals surface area contributed by atoms with Crippen molar-refractivity contribution in [3.05, 3.63) is 87.3 Å². The van der Waals surface area contributed by atoms with Crippen molar-refractivity contribution in [1.82, 2.24) is 0 Å². The Balaban J connectivity index is 2.46. The van der Waals surface area contributed by atoms with Crippen molar-refractivity contribution in [2.45, 2.75) is 5.92 Å². The minimum atomic E-state index is -1.02. The van der Waals surface area contributed by atoms with Crippen LogP contribution in [0.15, 0.2) is 71.2 Å². The van der Waals surface area contributed by atoms with Gasteiger partial charge in [0.15, 0.2) is 0 Å². The van der Waals surface area contributed by atoms with Crippen molar-refractivity contribution in [2.75, 3.05) is 19.1 Å². The van der Waals surface area contributed by atoms with Crippen molar-refractivity contribution in [1.29, 1.82) is 5.26 Å². The quantitative estimate of drug-likeness (QED) is 0.637. The molecule has 0 saturated heterocycles. The Kier molecular flexibility index (Phi) is 6.70. The number of anilines is 1. The highest BCUT2D eigenvalue weighted by Crippen LogP contribution is 2.44. The number of benzene rings is 2. The molecule has 0 aliphatic carbocycles. The second-order valence-corrected chi connectivity index (χ2v) is 7.27. The van der Waals surface area contributed by atoms with Gasteiger partial charge < -0.3 is 20.9 Å². The van der Waals surface area contributed by atoms with Crippen LogP contribution in [-0.2, 0) is 19.1 Å². The fourth-order valence-corrected chi connectivity index (χ4v) is 3.80.